The number of hydrogen-bond donors (Lipinski definition) is 2. The summed E-state index contributed by atoms with van der Waals surface area (Å²) in [5, 5.41) is 4.20. The van der Waals surface area contributed by atoms with Crippen LogP contribution in [0.4, 0.5) is 4.79 Å². The van der Waals surface area contributed by atoms with E-state index < -0.39 is 0 Å². The van der Waals surface area contributed by atoms with E-state index in [0.717, 1.165) is 23.4 Å². The van der Waals surface area contributed by atoms with E-state index >= 15 is 0 Å². The standard InChI is InChI=1S/C21H21N3O3/c25-21(22-11-14-13-26-19-7-3-4-8-20(19)27-14)24-10-9-18-16(12-24)15-5-1-2-6-17(15)23-18/h1-8,14,23H,9-13H2,(H,22,25)/t14-/m1/s1. The minimum Gasteiger partial charge on any atom is -0.486 e. The van der Waals surface area contributed by atoms with Crippen LogP contribution in [-0.4, -0.2) is 41.7 Å². The molecule has 6 heteroatoms. The summed E-state index contributed by atoms with van der Waals surface area (Å²) in [6, 6.07) is 15.8. The topological polar surface area (TPSA) is 66.6 Å². The van der Waals surface area contributed by atoms with Crippen LogP contribution in [0.2, 0.25) is 0 Å². The number of fused-ring (bicyclic) bond motifs is 4. The summed E-state index contributed by atoms with van der Waals surface area (Å²) in [5.41, 5.74) is 3.59. The van der Waals surface area contributed by atoms with Crippen molar-refractivity contribution < 1.29 is 14.3 Å². The molecule has 1 atom stereocenters. The van der Waals surface area contributed by atoms with Crippen molar-refractivity contribution in [3.8, 4) is 11.5 Å². The van der Waals surface area contributed by atoms with Gasteiger partial charge in [-0.05, 0) is 18.2 Å². The Bertz CT molecular complexity index is 997. The van der Waals surface area contributed by atoms with Crippen molar-refractivity contribution in [1.29, 1.82) is 0 Å². The molecule has 2 aliphatic heterocycles. The van der Waals surface area contributed by atoms with Gasteiger partial charge in [-0.25, -0.2) is 4.79 Å². The van der Waals surface area contributed by atoms with Gasteiger partial charge in [0.15, 0.2) is 17.6 Å². The molecule has 6 nitrogen and oxygen atoms in total. The smallest absolute Gasteiger partial charge is 0.317 e. The number of nitrogens with one attached hydrogen (secondary N) is 2. The zero-order chi connectivity index (χ0) is 18.2. The molecule has 27 heavy (non-hydrogen) atoms. The van der Waals surface area contributed by atoms with Crippen molar-refractivity contribution in [1.82, 2.24) is 15.2 Å². The van der Waals surface area contributed by atoms with E-state index in [4.69, 9.17) is 9.47 Å². The number of aromatic nitrogens is 1. The number of H-pyrrole nitrogens is 1. The van der Waals surface area contributed by atoms with Gasteiger partial charge in [0.2, 0.25) is 0 Å². The first kappa shape index (κ1) is 16.1. The van der Waals surface area contributed by atoms with Crippen LogP contribution in [0.5, 0.6) is 11.5 Å². The lowest BCUT2D eigenvalue weighted by Gasteiger charge is -2.30. The number of rotatable bonds is 2. The molecule has 2 aromatic carbocycles. The molecule has 1 aromatic heterocycles. The van der Waals surface area contributed by atoms with Gasteiger partial charge >= 0.3 is 6.03 Å². The molecule has 0 saturated carbocycles. The van der Waals surface area contributed by atoms with Gasteiger partial charge in [-0.2, -0.15) is 0 Å². The van der Waals surface area contributed by atoms with Gasteiger partial charge in [0.05, 0.1) is 6.54 Å². The highest BCUT2D eigenvalue weighted by Gasteiger charge is 2.26. The van der Waals surface area contributed by atoms with Gasteiger partial charge in [0.25, 0.3) is 0 Å². The first-order chi connectivity index (χ1) is 13.3. The zero-order valence-corrected chi connectivity index (χ0v) is 14.9. The maximum absolute atomic E-state index is 12.7. The first-order valence-electron chi connectivity index (χ1n) is 9.27. The van der Waals surface area contributed by atoms with Crippen LogP contribution < -0.4 is 14.8 Å². The summed E-state index contributed by atoms with van der Waals surface area (Å²) in [6.07, 6.45) is 0.658. The zero-order valence-electron chi connectivity index (χ0n) is 14.9. The van der Waals surface area contributed by atoms with Crippen molar-refractivity contribution in [2.24, 2.45) is 0 Å². The van der Waals surface area contributed by atoms with Crippen molar-refractivity contribution in [3.63, 3.8) is 0 Å². The molecule has 0 spiro atoms. The van der Waals surface area contributed by atoms with Crippen LogP contribution in [0.25, 0.3) is 10.9 Å². The van der Waals surface area contributed by atoms with Gasteiger partial charge in [-0.3, -0.25) is 0 Å². The van der Waals surface area contributed by atoms with Crippen LogP contribution in [0.15, 0.2) is 48.5 Å². The molecule has 0 unspecified atom stereocenters. The predicted molar refractivity (Wildman–Crippen MR) is 102 cm³/mol. The molecule has 0 radical (unpaired) electrons. The lowest BCUT2D eigenvalue weighted by atomic mass is 10.0. The summed E-state index contributed by atoms with van der Waals surface area (Å²) in [5.74, 6) is 1.48. The monoisotopic (exact) mass is 363 g/mol. The van der Waals surface area contributed by atoms with Crippen molar-refractivity contribution >= 4 is 16.9 Å². The molecular formula is C21H21N3O3. The number of urea groups is 1. The van der Waals surface area contributed by atoms with Crippen LogP contribution in [0, 0.1) is 0 Å². The minimum absolute atomic E-state index is 0.0617. The van der Waals surface area contributed by atoms with Crippen molar-refractivity contribution in [3.05, 3.63) is 59.8 Å². The fourth-order valence-corrected chi connectivity index (χ4v) is 3.82. The van der Waals surface area contributed by atoms with Crippen LogP contribution in [0.3, 0.4) is 0 Å². The summed E-state index contributed by atoms with van der Waals surface area (Å²) in [7, 11) is 0. The maximum atomic E-state index is 12.7. The quantitative estimate of drug-likeness (QED) is 0.735. The molecule has 3 heterocycles. The van der Waals surface area contributed by atoms with E-state index in [1.165, 1.54) is 16.6 Å². The lowest BCUT2D eigenvalue weighted by Crippen LogP contribution is -2.47. The van der Waals surface area contributed by atoms with E-state index in [0.29, 0.717) is 26.2 Å². The molecule has 0 bridgehead atoms. The Hall–Kier alpha value is -3.15. The van der Waals surface area contributed by atoms with Crippen molar-refractivity contribution in [2.45, 2.75) is 19.1 Å². The van der Waals surface area contributed by atoms with Crippen molar-refractivity contribution in [2.75, 3.05) is 19.7 Å². The Morgan fingerprint density at radius 3 is 2.89 bits per heavy atom. The Labute approximate surface area is 157 Å². The molecule has 0 aliphatic carbocycles. The minimum atomic E-state index is -0.183. The number of carbonyl (C=O) groups is 1. The van der Waals surface area contributed by atoms with Crippen LogP contribution in [0.1, 0.15) is 11.3 Å². The summed E-state index contributed by atoms with van der Waals surface area (Å²) in [6.45, 7) is 2.18. The fourth-order valence-electron chi connectivity index (χ4n) is 3.82. The molecule has 0 fully saturated rings. The SMILES string of the molecule is O=C(NC[C@@H]1COc2ccccc2O1)N1CCc2[nH]c3ccccc3c2C1. The molecule has 2 amide bonds. The maximum Gasteiger partial charge on any atom is 0.317 e. The second kappa shape index (κ2) is 6.54. The summed E-state index contributed by atoms with van der Waals surface area (Å²) in [4.78, 5) is 18.0. The predicted octanol–water partition coefficient (Wildman–Crippen LogP) is 3.08. The van der Waals surface area contributed by atoms with Gasteiger partial charge in [0, 0.05) is 41.7 Å². The molecule has 3 aromatic rings. The number of ether oxygens (including phenoxy) is 2. The highest BCUT2D eigenvalue weighted by Crippen LogP contribution is 2.31. The highest BCUT2D eigenvalue weighted by atomic mass is 16.6. The Kier molecular flexibility index (Phi) is 3.89. The first-order valence-corrected chi connectivity index (χ1v) is 9.27. The third-order valence-electron chi connectivity index (χ3n) is 5.22. The highest BCUT2D eigenvalue weighted by molar-refractivity contribution is 5.85. The average Bonchev–Trinajstić information content (AvgIpc) is 3.09. The van der Waals surface area contributed by atoms with Gasteiger partial charge < -0.3 is 24.7 Å². The Balaban J connectivity index is 1.22. The van der Waals surface area contributed by atoms with E-state index in [2.05, 4.69) is 22.4 Å². The second-order valence-corrected chi connectivity index (χ2v) is 6.98. The molecule has 138 valence electrons. The number of hydrogen-bond acceptors (Lipinski definition) is 3. The third kappa shape index (κ3) is 2.97. The van der Waals surface area contributed by atoms with Gasteiger partial charge in [-0.1, -0.05) is 30.3 Å². The normalized spacial score (nSPS) is 18.2. The molecule has 5 rings (SSSR count). The van der Waals surface area contributed by atoms with Crippen LogP contribution >= 0.6 is 0 Å². The second-order valence-electron chi connectivity index (χ2n) is 6.98. The number of benzene rings is 2. The van der Waals surface area contributed by atoms with Crippen LogP contribution in [-0.2, 0) is 13.0 Å². The fraction of sp³-hybridized carbons (Fsp3) is 0.286. The van der Waals surface area contributed by atoms with E-state index in [-0.39, 0.29) is 12.1 Å². The molecular weight excluding hydrogens is 342 g/mol. The van der Waals surface area contributed by atoms with E-state index in [1.54, 1.807) is 0 Å². The number of carbonyl (C=O) groups excluding carboxylic acids is 1. The van der Waals surface area contributed by atoms with Gasteiger partial charge in [-0.15, -0.1) is 0 Å². The Morgan fingerprint density at radius 2 is 1.96 bits per heavy atom. The van der Waals surface area contributed by atoms with E-state index in [9.17, 15) is 4.79 Å². The Morgan fingerprint density at radius 1 is 1.15 bits per heavy atom. The number of nitrogens with zero attached hydrogens (tertiary/aromatic N) is 1. The number of amides is 2. The summed E-state index contributed by atoms with van der Waals surface area (Å²) < 4.78 is 11.6. The third-order valence-corrected chi connectivity index (χ3v) is 5.22. The van der Waals surface area contributed by atoms with E-state index in [1.807, 2.05) is 41.3 Å². The molecule has 0 saturated heterocycles. The number of para-hydroxylation sites is 3. The molecule has 2 aliphatic rings. The number of aromatic amines is 1. The molecule has 2 N–H and O–H groups in total. The van der Waals surface area contributed by atoms with Gasteiger partial charge in [0.1, 0.15) is 6.61 Å². The average molecular weight is 363 g/mol. The largest absolute Gasteiger partial charge is 0.486 e. The summed E-state index contributed by atoms with van der Waals surface area (Å²) >= 11 is 0. The lowest BCUT2D eigenvalue weighted by molar-refractivity contribution is 0.0898.